The van der Waals surface area contributed by atoms with Gasteiger partial charge in [-0.3, -0.25) is 4.79 Å². The lowest BCUT2D eigenvalue weighted by molar-refractivity contribution is -0.141. The van der Waals surface area contributed by atoms with E-state index in [1.54, 1.807) is 11.9 Å². The quantitative estimate of drug-likeness (QED) is 0.859. The van der Waals surface area contributed by atoms with E-state index < -0.39 is 0 Å². The number of hydrogen-bond donors (Lipinski definition) is 1. The zero-order chi connectivity index (χ0) is 15.2. The van der Waals surface area contributed by atoms with Crippen molar-refractivity contribution in [3.63, 3.8) is 0 Å². The first kappa shape index (κ1) is 15.8. The van der Waals surface area contributed by atoms with Crippen LogP contribution in [0.15, 0.2) is 24.3 Å². The van der Waals surface area contributed by atoms with Gasteiger partial charge in [0.2, 0.25) is 0 Å². The average Bonchev–Trinajstić information content (AvgIpc) is 2.97. The van der Waals surface area contributed by atoms with Crippen molar-refractivity contribution in [2.45, 2.75) is 32.0 Å². The molecule has 5 nitrogen and oxygen atoms in total. The number of nitrogens with zero attached hydrogens (tertiary/aromatic N) is 1. The molecule has 1 aromatic carbocycles. The maximum Gasteiger partial charge on any atom is 0.251 e. The normalized spacial score (nSPS) is 21.3. The summed E-state index contributed by atoms with van der Waals surface area (Å²) >= 11 is 0. The molecular formula is C16H24N2O3. The van der Waals surface area contributed by atoms with E-state index in [1.165, 1.54) is 5.56 Å². The summed E-state index contributed by atoms with van der Waals surface area (Å²) in [5.74, 6) is 0.834. The van der Waals surface area contributed by atoms with E-state index >= 15 is 0 Å². The summed E-state index contributed by atoms with van der Waals surface area (Å²) in [6, 6.07) is 7.87. The number of rotatable bonds is 6. The summed E-state index contributed by atoms with van der Waals surface area (Å²) in [7, 11) is 1.78. The Labute approximate surface area is 126 Å². The first-order valence-electron chi connectivity index (χ1n) is 7.40. The summed E-state index contributed by atoms with van der Waals surface area (Å²) in [4.78, 5) is 13.9. The fraction of sp³-hybridized carbons (Fsp3) is 0.562. The molecule has 2 atom stereocenters. The third-order valence-electron chi connectivity index (χ3n) is 3.74. The second kappa shape index (κ2) is 7.43. The Bertz CT molecular complexity index is 461. The Morgan fingerprint density at radius 2 is 2.10 bits per heavy atom. The molecule has 1 aliphatic rings. The van der Waals surface area contributed by atoms with Crippen molar-refractivity contribution in [3.8, 4) is 5.75 Å². The molecule has 1 saturated heterocycles. The molecule has 1 amide bonds. The molecule has 0 bridgehead atoms. The van der Waals surface area contributed by atoms with Gasteiger partial charge in [-0.25, -0.2) is 0 Å². The number of amides is 1. The molecule has 2 N–H and O–H groups in total. The van der Waals surface area contributed by atoms with Crippen molar-refractivity contribution in [2.75, 3.05) is 26.7 Å². The van der Waals surface area contributed by atoms with E-state index in [-0.39, 0.29) is 18.1 Å². The zero-order valence-corrected chi connectivity index (χ0v) is 12.7. The van der Waals surface area contributed by atoms with Crippen molar-refractivity contribution < 1.29 is 14.3 Å². The smallest absolute Gasteiger partial charge is 0.251 e. The maximum atomic E-state index is 12.2. The van der Waals surface area contributed by atoms with Crippen molar-refractivity contribution in [2.24, 2.45) is 5.73 Å². The van der Waals surface area contributed by atoms with Crippen LogP contribution in [0.4, 0.5) is 0 Å². The van der Waals surface area contributed by atoms with Crippen LogP contribution in [0.1, 0.15) is 18.4 Å². The van der Waals surface area contributed by atoms with Gasteiger partial charge >= 0.3 is 0 Å². The number of aryl methyl sites for hydroxylation is 1. The highest BCUT2D eigenvalue weighted by Crippen LogP contribution is 2.20. The van der Waals surface area contributed by atoms with Gasteiger partial charge in [0, 0.05) is 13.6 Å². The highest BCUT2D eigenvalue weighted by Gasteiger charge is 2.31. The van der Waals surface area contributed by atoms with Crippen LogP contribution in [0.3, 0.4) is 0 Å². The lowest BCUT2D eigenvalue weighted by Gasteiger charge is -2.21. The van der Waals surface area contributed by atoms with Gasteiger partial charge in [-0.15, -0.1) is 0 Å². The zero-order valence-electron chi connectivity index (χ0n) is 12.7. The number of likely N-dealkylation sites (N-methyl/N-ethyl adjacent to an activating group) is 1. The highest BCUT2D eigenvalue weighted by atomic mass is 16.5. The molecule has 21 heavy (non-hydrogen) atoms. The second-order valence-corrected chi connectivity index (χ2v) is 5.48. The molecule has 0 radical (unpaired) electrons. The van der Waals surface area contributed by atoms with Gasteiger partial charge in [-0.05, 0) is 31.9 Å². The molecule has 1 aromatic rings. The molecule has 1 fully saturated rings. The Morgan fingerprint density at radius 3 is 2.71 bits per heavy atom. The summed E-state index contributed by atoms with van der Waals surface area (Å²) in [5.41, 5.74) is 6.75. The number of hydrogen-bond acceptors (Lipinski definition) is 4. The van der Waals surface area contributed by atoms with Gasteiger partial charge in [0.1, 0.15) is 18.5 Å². The minimum atomic E-state index is -0.345. The van der Waals surface area contributed by atoms with Crippen LogP contribution in [0.25, 0.3) is 0 Å². The van der Waals surface area contributed by atoms with E-state index in [0.29, 0.717) is 19.7 Å². The standard InChI is InChI=1S/C16H24N2O3/c1-12-3-5-13(6-4-12)20-10-9-18(2)16(19)15-8-7-14(11-17)21-15/h3-6,14-15H,7-11,17H2,1-2H3/t14-,15+/m1/s1. The Balaban J connectivity index is 1.72. The van der Waals surface area contributed by atoms with Gasteiger partial charge in [0.15, 0.2) is 0 Å². The lowest BCUT2D eigenvalue weighted by atomic mass is 10.2. The van der Waals surface area contributed by atoms with Gasteiger partial charge in [-0.1, -0.05) is 17.7 Å². The van der Waals surface area contributed by atoms with Crippen LogP contribution in [0.2, 0.25) is 0 Å². The predicted octanol–water partition coefficient (Wildman–Crippen LogP) is 1.34. The van der Waals surface area contributed by atoms with Crippen LogP contribution < -0.4 is 10.5 Å². The van der Waals surface area contributed by atoms with Crippen molar-refractivity contribution in [3.05, 3.63) is 29.8 Å². The lowest BCUT2D eigenvalue weighted by Crippen LogP contribution is -2.39. The first-order valence-corrected chi connectivity index (χ1v) is 7.40. The molecule has 1 aliphatic heterocycles. The predicted molar refractivity (Wildman–Crippen MR) is 81.3 cm³/mol. The van der Waals surface area contributed by atoms with E-state index in [1.807, 2.05) is 31.2 Å². The van der Waals surface area contributed by atoms with Crippen molar-refractivity contribution in [1.82, 2.24) is 4.90 Å². The molecule has 5 heteroatoms. The van der Waals surface area contributed by atoms with Crippen molar-refractivity contribution >= 4 is 5.91 Å². The van der Waals surface area contributed by atoms with E-state index in [9.17, 15) is 4.79 Å². The van der Waals surface area contributed by atoms with Crippen LogP contribution in [-0.2, 0) is 9.53 Å². The van der Waals surface area contributed by atoms with Gasteiger partial charge in [0.25, 0.3) is 5.91 Å². The Kier molecular flexibility index (Phi) is 5.59. The van der Waals surface area contributed by atoms with E-state index in [2.05, 4.69) is 0 Å². The first-order chi connectivity index (χ1) is 10.1. The number of nitrogens with two attached hydrogens (primary N) is 1. The number of carbonyl (C=O) groups is 1. The fourth-order valence-electron chi connectivity index (χ4n) is 2.35. The SMILES string of the molecule is Cc1ccc(OCCN(C)C(=O)[C@@H]2CC[C@H](CN)O2)cc1. The molecule has 1 heterocycles. The third kappa shape index (κ3) is 4.44. The molecule has 116 valence electrons. The molecule has 0 saturated carbocycles. The van der Waals surface area contributed by atoms with Gasteiger partial charge < -0.3 is 20.1 Å². The summed E-state index contributed by atoms with van der Waals surface area (Å²) in [6.07, 6.45) is 1.30. The number of carbonyl (C=O) groups excluding carboxylic acids is 1. The van der Waals surface area contributed by atoms with Crippen LogP contribution in [0, 0.1) is 6.92 Å². The Morgan fingerprint density at radius 1 is 1.38 bits per heavy atom. The largest absolute Gasteiger partial charge is 0.492 e. The molecule has 0 aliphatic carbocycles. The Hall–Kier alpha value is -1.59. The summed E-state index contributed by atoms with van der Waals surface area (Å²) in [5, 5.41) is 0. The fourth-order valence-corrected chi connectivity index (χ4v) is 2.35. The van der Waals surface area contributed by atoms with E-state index in [4.69, 9.17) is 15.2 Å². The molecular weight excluding hydrogens is 268 g/mol. The number of ether oxygens (including phenoxy) is 2. The molecule has 0 spiro atoms. The number of benzene rings is 1. The molecule has 0 unspecified atom stereocenters. The van der Waals surface area contributed by atoms with E-state index in [0.717, 1.165) is 18.6 Å². The van der Waals surface area contributed by atoms with Gasteiger partial charge in [0.05, 0.1) is 12.6 Å². The van der Waals surface area contributed by atoms with Crippen LogP contribution >= 0.6 is 0 Å². The molecule has 2 rings (SSSR count). The van der Waals surface area contributed by atoms with Crippen molar-refractivity contribution in [1.29, 1.82) is 0 Å². The minimum Gasteiger partial charge on any atom is -0.492 e. The third-order valence-corrected chi connectivity index (χ3v) is 3.74. The highest BCUT2D eigenvalue weighted by molar-refractivity contribution is 5.80. The average molecular weight is 292 g/mol. The summed E-state index contributed by atoms with van der Waals surface area (Å²) < 4.78 is 11.2. The second-order valence-electron chi connectivity index (χ2n) is 5.48. The summed E-state index contributed by atoms with van der Waals surface area (Å²) in [6.45, 7) is 3.52. The minimum absolute atomic E-state index is 0.0125. The maximum absolute atomic E-state index is 12.2. The molecule has 0 aromatic heterocycles. The van der Waals surface area contributed by atoms with Gasteiger partial charge in [-0.2, -0.15) is 0 Å². The van der Waals surface area contributed by atoms with Crippen LogP contribution in [0.5, 0.6) is 5.75 Å². The monoisotopic (exact) mass is 292 g/mol. The topological polar surface area (TPSA) is 64.8 Å². The van der Waals surface area contributed by atoms with Crippen LogP contribution in [-0.4, -0.2) is 49.8 Å².